The zero-order valence-electron chi connectivity index (χ0n) is 39.3. The van der Waals surface area contributed by atoms with Gasteiger partial charge in [-0.1, -0.05) is 60.1 Å². The molecule has 5 aliphatic rings. The number of carboxylic acid groups (broad SMARTS) is 1. The van der Waals surface area contributed by atoms with Gasteiger partial charge in [-0.05, 0) is 137 Å². The Morgan fingerprint density at radius 1 is 0.933 bits per heavy atom. The quantitative estimate of drug-likeness (QED) is 0.121. The van der Waals surface area contributed by atoms with Crippen LogP contribution in [-0.2, 0) is 35.1 Å². The fraction of sp³-hybridized carbons (Fsp3) is 0.800. The summed E-state index contributed by atoms with van der Waals surface area (Å²) in [6.45, 7) is 24.2. The highest BCUT2D eigenvalue weighted by Crippen LogP contribution is 2.77. The van der Waals surface area contributed by atoms with Gasteiger partial charge >= 0.3 is 11.9 Å². The van der Waals surface area contributed by atoms with Crippen LogP contribution < -0.4 is 0 Å². The Balaban J connectivity index is 1.33. The number of aromatic nitrogens is 1. The van der Waals surface area contributed by atoms with Crippen molar-refractivity contribution in [2.45, 2.75) is 145 Å². The second-order valence-corrected chi connectivity index (χ2v) is 22.3. The summed E-state index contributed by atoms with van der Waals surface area (Å²) in [5.41, 5.74) is 1.87. The number of likely N-dealkylation sites (N-methyl/N-ethyl adjacent to an activating group) is 1. The molecule has 9 atom stereocenters. The van der Waals surface area contributed by atoms with Crippen LogP contribution in [-0.4, -0.2) is 104 Å². The number of carboxylic acids is 1. The van der Waals surface area contributed by atoms with E-state index in [4.69, 9.17) is 19.2 Å². The van der Waals surface area contributed by atoms with Gasteiger partial charge < -0.3 is 24.2 Å². The van der Waals surface area contributed by atoms with Gasteiger partial charge in [-0.25, -0.2) is 0 Å². The predicted octanol–water partition coefficient (Wildman–Crippen LogP) is 8.87. The van der Waals surface area contributed by atoms with Gasteiger partial charge in [0.25, 0.3) is 0 Å². The Morgan fingerprint density at radius 2 is 1.67 bits per heavy atom. The topological polar surface area (TPSA) is 118 Å². The molecule has 0 saturated heterocycles. The SMILES string of the molecule is COCCOC(CN(CCN(C)C)Cc1ccccn1)C12CC[C@]3(C)[C@H](CC[C@@H]4[C@@]5(C)CC[C@H](OC(=O)CC(C)(C)C(=O)O)C(C)(C)[C@@H]5CC[C@]43C)C1=C(C(C)C)C(=O)C2. The van der Waals surface area contributed by atoms with E-state index < -0.39 is 17.4 Å². The molecule has 10 nitrogen and oxygen atoms in total. The number of rotatable bonds is 17. The van der Waals surface area contributed by atoms with E-state index in [-0.39, 0.29) is 51.6 Å². The summed E-state index contributed by atoms with van der Waals surface area (Å²) in [6.07, 6.45) is 9.93. The second-order valence-electron chi connectivity index (χ2n) is 22.3. The molecule has 0 bridgehead atoms. The Hall–Kier alpha value is -2.66. The van der Waals surface area contributed by atoms with Gasteiger partial charge in [0.1, 0.15) is 6.10 Å². The maximum Gasteiger partial charge on any atom is 0.309 e. The van der Waals surface area contributed by atoms with Crippen LogP contribution in [0.4, 0.5) is 0 Å². The minimum absolute atomic E-state index is 0.000982. The minimum atomic E-state index is -1.17. The highest BCUT2D eigenvalue weighted by molar-refractivity contribution is 6.00. The molecule has 1 heterocycles. The number of nitrogens with zero attached hydrogens (tertiary/aromatic N) is 3. The number of carbonyl (C=O) groups is 3. The van der Waals surface area contributed by atoms with Crippen molar-refractivity contribution < 1.29 is 33.7 Å². The molecule has 0 spiro atoms. The van der Waals surface area contributed by atoms with Crippen LogP contribution in [0.3, 0.4) is 0 Å². The third-order valence-corrected chi connectivity index (χ3v) is 17.5. The first-order chi connectivity index (χ1) is 28.1. The van der Waals surface area contributed by atoms with Crippen molar-refractivity contribution in [2.24, 2.45) is 56.2 Å². The molecule has 5 aliphatic carbocycles. The van der Waals surface area contributed by atoms with E-state index in [0.717, 1.165) is 82.3 Å². The standard InChI is InChI=1S/C50H79N3O7/c1-33(2)42-36(54)29-50(40(59-28-27-58-12)32-53(26-25-52(10)11)31-34-15-13-14-24-51-34)23-22-48(8)35(43(42)50)16-17-38-47(7)20-19-39(60-41(55)30-45(3,4)44(56)57)46(5,6)37(47)18-21-49(38,48)9/h13-15,24,33,35,37-40H,16-23,25-32H2,1-12H3,(H,56,57)/t35-,37+,38-,39+,40?,47+,48-,49-,50?/m1/s1. The molecule has 0 radical (unpaired) electrons. The van der Waals surface area contributed by atoms with E-state index in [9.17, 15) is 19.5 Å². The van der Waals surface area contributed by atoms with Crippen molar-refractivity contribution >= 4 is 17.7 Å². The van der Waals surface area contributed by atoms with Gasteiger partial charge in [0.15, 0.2) is 5.78 Å². The summed E-state index contributed by atoms with van der Waals surface area (Å²) in [5, 5.41) is 9.69. The van der Waals surface area contributed by atoms with E-state index in [1.165, 1.54) is 5.57 Å². The molecular formula is C50H79N3O7. The van der Waals surface area contributed by atoms with Crippen molar-refractivity contribution in [3.05, 3.63) is 41.2 Å². The van der Waals surface area contributed by atoms with Crippen LogP contribution >= 0.6 is 0 Å². The van der Waals surface area contributed by atoms with Gasteiger partial charge in [-0.15, -0.1) is 0 Å². The number of hydrogen-bond acceptors (Lipinski definition) is 9. The average molecular weight is 834 g/mol. The van der Waals surface area contributed by atoms with Crippen molar-refractivity contribution in [1.82, 2.24) is 14.8 Å². The number of methoxy groups -OCH3 is 1. The highest BCUT2D eigenvalue weighted by atomic mass is 16.5. The molecule has 4 fully saturated rings. The third-order valence-electron chi connectivity index (χ3n) is 17.5. The molecule has 0 amide bonds. The predicted molar refractivity (Wildman–Crippen MR) is 235 cm³/mol. The lowest BCUT2D eigenvalue weighted by Crippen LogP contribution is -2.66. The first-order valence-corrected chi connectivity index (χ1v) is 23.2. The van der Waals surface area contributed by atoms with Crippen LogP contribution in [0.15, 0.2) is 35.5 Å². The number of Topliss-reactive ketones (excluding diaryl/α,β-unsaturated/α-hetero) is 1. The maximum absolute atomic E-state index is 14.6. The van der Waals surface area contributed by atoms with Crippen LogP contribution in [0, 0.1) is 56.2 Å². The molecule has 10 heteroatoms. The van der Waals surface area contributed by atoms with E-state index in [0.29, 0.717) is 49.7 Å². The van der Waals surface area contributed by atoms with Gasteiger partial charge in [0, 0.05) is 56.7 Å². The van der Waals surface area contributed by atoms with Crippen LogP contribution in [0.2, 0.25) is 0 Å². The van der Waals surface area contributed by atoms with Crippen molar-refractivity contribution in [3.8, 4) is 0 Å². The van der Waals surface area contributed by atoms with Gasteiger partial charge in [-0.2, -0.15) is 0 Å². The third kappa shape index (κ3) is 8.30. The summed E-state index contributed by atoms with van der Waals surface area (Å²) in [7, 11) is 5.97. The van der Waals surface area contributed by atoms with Gasteiger partial charge in [0.05, 0.1) is 36.8 Å². The fourth-order valence-corrected chi connectivity index (χ4v) is 14.1. The monoisotopic (exact) mass is 834 g/mol. The molecule has 336 valence electrons. The number of hydrogen-bond donors (Lipinski definition) is 1. The number of ketones is 1. The molecule has 1 aromatic rings. The molecule has 0 aromatic carbocycles. The number of fused-ring (bicyclic) bond motifs is 7. The number of pyridine rings is 1. The molecule has 2 unspecified atom stereocenters. The van der Waals surface area contributed by atoms with Crippen molar-refractivity contribution in [2.75, 3.05) is 54.1 Å². The first kappa shape index (κ1) is 46.8. The Morgan fingerprint density at radius 3 is 2.30 bits per heavy atom. The molecule has 6 rings (SSSR count). The second kappa shape index (κ2) is 17.5. The summed E-state index contributed by atoms with van der Waals surface area (Å²) in [5.74, 6) is 0.208. The number of allylic oxidation sites excluding steroid dienone is 1. The Kier molecular flexibility index (Phi) is 13.6. The van der Waals surface area contributed by atoms with Crippen LogP contribution in [0.25, 0.3) is 0 Å². The van der Waals surface area contributed by atoms with Gasteiger partial charge in [-0.3, -0.25) is 24.3 Å². The lowest BCUT2D eigenvalue weighted by atomic mass is 9.33. The zero-order chi connectivity index (χ0) is 44.1. The highest BCUT2D eigenvalue weighted by Gasteiger charge is 2.71. The summed E-state index contributed by atoms with van der Waals surface area (Å²) in [4.78, 5) is 49.2. The molecule has 1 N–H and O–H groups in total. The van der Waals surface area contributed by atoms with E-state index in [2.05, 4.69) is 84.5 Å². The number of esters is 1. The van der Waals surface area contributed by atoms with E-state index in [1.807, 2.05) is 12.3 Å². The smallest absolute Gasteiger partial charge is 0.309 e. The summed E-state index contributed by atoms with van der Waals surface area (Å²) in [6, 6.07) is 6.13. The molecule has 4 saturated carbocycles. The summed E-state index contributed by atoms with van der Waals surface area (Å²) >= 11 is 0. The molecule has 60 heavy (non-hydrogen) atoms. The molecule has 0 aliphatic heterocycles. The van der Waals surface area contributed by atoms with E-state index >= 15 is 0 Å². The van der Waals surface area contributed by atoms with E-state index in [1.54, 1.807) is 21.0 Å². The largest absolute Gasteiger partial charge is 0.481 e. The normalized spacial score (nSPS) is 34.3. The maximum atomic E-state index is 14.6. The average Bonchev–Trinajstić information content (AvgIpc) is 3.48. The van der Waals surface area contributed by atoms with Gasteiger partial charge in [0.2, 0.25) is 0 Å². The zero-order valence-corrected chi connectivity index (χ0v) is 39.3. The first-order valence-electron chi connectivity index (χ1n) is 23.2. The van der Waals surface area contributed by atoms with Crippen molar-refractivity contribution in [1.29, 1.82) is 0 Å². The Bertz CT molecular complexity index is 1760. The Labute approximate surface area is 361 Å². The fourth-order valence-electron chi connectivity index (χ4n) is 14.1. The minimum Gasteiger partial charge on any atom is -0.481 e. The van der Waals surface area contributed by atoms with Crippen LogP contribution in [0.1, 0.15) is 132 Å². The number of aliphatic carboxylic acids is 1. The van der Waals surface area contributed by atoms with Crippen molar-refractivity contribution in [3.63, 3.8) is 0 Å². The summed E-state index contributed by atoms with van der Waals surface area (Å²) < 4.78 is 18.9. The number of ether oxygens (including phenoxy) is 3. The molecule has 1 aromatic heterocycles. The lowest BCUT2D eigenvalue weighted by Gasteiger charge is -2.72. The number of carbonyl (C=O) groups excluding carboxylic acids is 2. The lowest BCUT2D eigenvalue weighted by molar-refractivity contribution is -0.236. The van der Waals surface area contributed by atoms with Crippen LogP contribution in [0.5, 0.6) is 0 Å². The molecular weight excluding hydrogens is 755 g/mol.